The molecule has 0 aliphatic carbocycles. The number of hydrogen-bond donors (Lipinski definition) is 0. The number of carbonyl (C=O) groups excluding carboxylic acids is 1. The third kappa shape index (κ3) is 5.21. The smallest absolute Gasteiger partial charge is 0.251 e. The number of carbonyl (C=O) groups is 1. The van der Waals surface area contributed by atoms with Gasteiger partial charge in [-0.15, -0.1) is 0 Å². The number of benzene rings is 1. The maximum absolute atomic E-state index is 12.1. The molecule has 1 saturated heterocycles. The fourth-order valence-electron chi connectivity index (χ4n) is 2.41. The van der Waals surface area contributed by atoms with Crippen LogP contribution in [0.3, 0.4) is 0 Å². The summed E-state index contributed by atoms with van der Waals surface area (Å²) < 4.78 is 33.9. The second-order valence-electron chi connectivity index (χ2n) is 5.71. The van der Waals surface area contributed by atoms with Gasteiger partial charge in [0.1, 0.15) is 11.9 Å². The maximum Gasteiger partial charge on any atom is 0.251 e. The molecule has 7 heteroatoms. The van der Waals surface area contributed by atoms with E-state index in [9.17, 15) is 13.2 Å². The molecule has 0 radical (unpaired) electrons. The molecule has 0 unspecified atom stereocenters. The van der Waals surface area contributed by atoms with Crippen molar-refractivity contribution in [2.75, 3.05) is 33.1 Å². The summed E-state index contributed by atoms with van der Waals surface area (Å²) in [5, 5.41) is 0. The zero-order chi connectivity index (χ0) is 16.9. The summed E-state index contributed by atoms with van der Waals surface area (Å²) in [5.74, 6) is 0.530. The maximum atomic E-state index is 12.1. The molecule has 1 fully saturated rings. The van der Waals surface area contributed by atoms with E-state index in [2.05, 4.69) is 0 Å². The highest BCUT2D eigenvalue weighted by atomic mass is 32.2. The fourth-order valence-corrected chi connectivity index (χ4v) is 3.07. The van der Waals surface area contributed by atoms with Crippen LogP contribution >= 0.6 is 0 Å². The van der Waals surface area contributed by atoms with E-state index in [1.165, 1.54) is 12.1 Å². The zero-order valence-corrected chi connectivity index (χ0v) is 14.3. The van der Waals surface area contributed by atoms with Crippen LogP contribution in [-0.2, 0) is 19.4 Å². The van der Waals surface area contributed by atoms with E-state index in [-0.39, 0.29) is 16.9 Å². The highest BCUT2D eigenvalue weighted by Crippen LogP contribution is 2.18. The average Bonchev–Trinajstić information content (AvgIpc) is 3.04. The van der Waals surface area contributed by atoms with Crippen LogP contribution in [0.2, 0.25) is 0 Å². The molecular formula is C16H23NO5S. The highest BCUT2D eigenvalue weighted by molar-refractivity contribution is 7.90. The van der Waals surface area contributed by atoms with Crippen molar-refractivity contribution in [1.82, 2.24) is 4.90 Å². The molecule has 1 aromatic carbocycles. The molecule has 1 aliphatic heterocycles. The molecule has 1 aliphatic rings. The molecule has 2 rings (SSSR count). The first kappa shape index (κ1) is 17.7. The Labute approximate surface area is 137 Å². The van der Waals surface area contributed by atoms with E-state index >= 15 is 0 Å². The van der Waals surface area contributed by atoms with Crippen LogP contribution in [-0.4, -0.2) is 58.4 Å². The van der Waals surface area contributed by atoms with Gasteiger partial charge in [-0.05, 0) is 37.5 Å². The lowest BCUT2D eigenvalue weighted by Crippen LogP contribution is -2.37. The summed E-state index contributed by atoms with van der Waals surface area (Å²) in [6.07, 6.45) is 3.25. The first-order chi connectivity index (χ1) is 10.9. The molecule has 128 valence electrons. The van der Waals surface area contributed by atoms with Crippen LogP contribution in [0.4, 0.5) is 0 Å². The molecule has 1 atom stereocenters. The van der Waals surface area contributed by atoms with Gasteiger partial charge in [-0.2, -0.15) is 0 Å². The van der Waals surface area contributed by atoms with Crippen molar-refractivity contribution in [3.05, 3.63) is 24.3 Å². The summed E-state index contributed by atoms with van der Waals surface area (Å²) in [6.45, 7) is 1.64. The minimum Gasteiger partial charge on any atom is -0.493 e. The Morgan fingerprint density at radius 3 is 2.87 bits per heavy atom. The van der Waals surface area contributed by atoms with Crippen LogP contribution in [0, 0.1) is 0 Å². The third-order valence-electron chi connectivity index (χ3n) is 3.72. The van der Waals surface area contributed by atoms with E-state index in [0.717, 1.165) is 19.1 Å². The second-order valence-corrected chi connectivity index (χ2v) is 7.73. The monoisotopic (exact) mass is 341 g/mol. The zero-order valence-electron chi connectivity index (χ0n) is 13.5. The SMILES string of the molecule is CN(CCCOc1cccc(S(C)(=O)=O)c1)C(=O)[C@@H]1CCCO1. The summed E-state index contributed by atoms with van der Waals surface area (Å²) in [4.78, 5) is 14.0. The summed E-state index contributed by atoms with van der Waals surface area (Å²) >= 11 is 0. The number of rotatable bonds is 7. The van der Waals surface area contributed by atoms with Gasteiger partial charge in [0.05, 0.1) is 11.5 Å². The Kier molecular flexibility index (Phi) is 6.01. The van der Waals surface area contributed by atoms with Crippen molar-refractivity contribution in [1.29, 1.82) is 0 Å². The predicted octanol–water partition coefficient (Wildman–Crippen LogP) is 1.50. The summed E-state index contributed by atoms with van der Waals surface area (Å²) in [6, 6.07) is 6.42. The molecule has 0 N–H and O–H groups in total. The molecule has 1 amide bonds. The number of nitrogens with zero attached hydrogens (tertiary/aromatic N) is 1. The first-order valence-electron chi connectivity index (χ1n) is 7.67. The van der Waals surface area contributed by atoms with E-state index in [1.807, 2.05) is 0 Å². The molecule has 6 nitrogen and oxygen atoms in total. The topological polar surface area (TPSA) is 72.9 Å². The van der Waals surface area contributed by atoms with E-state index in [4.69, 9.17) is 9.47 Å². The van der Waals surface area contributed by atoms with Gasteiger partial charge in [0, 0.05) is 26.5 Å². The number of hydrogen-bond acceptors (Lipinski definition) is 5. The van der Waals surface area contributed by atoms with E-state index in [0.29, 0.717) is 31.9 Å². The van der Waals surface area contributed by atoms with Crippen molar-refractivity contribution in [3.8, 4) is 5.75 Å². The van der Waals surface area contributed by atoms with Crippen LogP contribution in [0.25, 0.3) is 0 Å². The summed E-state index contributed by atoms with van der Waals surface area (Å²) in [7, 11) is -1.48. The Balaban J connectivity index is 1.76. The van der Waals surface area contributed by atoms with E-state index < -0.39 is 9.84 Å². The van der Waals surface area contributed by atoms with Crippen molar-refractivity contribution < 1.29 is 22.7 Å². The molecule has 1 aromatic rings. The van der Waals surface area contributed by atoms with Gasteiger partial charge < -0.3 is 14.4 Å². The van der Waals surface area contributed by atoms with E-state index in [1.54, 1.807) is 24.1 Å². The van der Waals surface area contributed by atoms with Crippen molar-refractivity contribution in [3.63, 3.8) is 0 Å². The van der Waals surface area contributed by atoms with Crippen LogP contribution < -0.4 is 4.74 Å². The minimum absolute atomic E-state index is 0.0153. The molecule has 1 heterocycles. The van der Waals surface area contributed by atoms with Gasteiger partial charge in [0.15, 0.2) is 9.84 Å². The lowest BCUT2D eigenvalue weighted by molar-refractivity contribution is -0.139. The molecule has 0 bridgehead atoms. The number of likely N-dealkylation sites (N-methyl/N-ethyl adjacent to an activating group) is 1. The predicted molar refractivity (Wildman–Crippen MR) is 86.3 cm³/mol. The Hall–Kier alpha value is -1.60. The van der Waals surface area contributed by atoms with Gasteiger partial charge >= 0.3 is 0 Å². The Morgan fingerprint density at radius 2 is 2.22 bits per heavy atom. The van der Waals surface area contributed by atoms with Crippen LogP contribution in [0.15, 0.2) is 29.2 Å². The third-order valence-corrected chi connectivity index (χ3v) is 4.83. The highest BCUT2D eigenvalue weighted by Gasteiger charge is 2.26. The largest absolute Gasteiger partial charge is 0.493 e. The van der Waals surface area contributed by atoms with Crippen molar-refractivity contribution in [2.24, 2.45) is 0 Å². The first-order valence-corrected chi connectivity index (χ1v) is 9.56. The molecular weight excluding hydrogens is 318 g/mol. The average molecular weight is 341 g/mol. The quantitative estimate of drug-likeness (QED) is 0.703. The summed E-state index contributed by atoms with van der Waals surface area (Å²) in [5.41, 5.74) is 0. The van der Waals surface area contributed by atoms with Gasteiger partial charge in [-0.25, -0.2) is 8.42 Å². The second kappa shape index (κ2) is 7.79. The van der Waals surface area contributed by atoms with Gasteiger partial charge in [0.2, 0.25) is 0 Å². The number of amides is 1. The lowest BCUT2D eigenvalue weighted by atomic mass is 10.2. The van der Waals surface area contributed by atoms with Crippen molar-refractivity contribution >= 4 is 15.7 Å². The normalized spacial score (nSPS) is 17.9. The lowest BCUT2D eigenvalue weighted by Gasteiger charge is -2.20. The fraction of sp³-hybridized carbons (Fsp3) is 0.562. The minimum atomic E-state index is -3.24. The molecule has 0 aromatic heterocycles. The van der Waals surface area contributed by atoms with Crippen molar-refractivity contribution in [2.45, 2.75) is 30.3 Å². The number of ether oxygens (including phenoxy) is 2. The molecule has 0 spiro atoms. The van der Waals surface area contributed by atoms with Crippen LogP contribution in [0.5, 0.6) is 5.75 Å². The van der Waals surface area contributed by atoms with Gasteiger partial charge in [-0.3, -0.25) is 4.79 Å². The Bertz CT molecular complexity index is 638. The van der Waals surface area contributed by atoms with Gasteiger partial charge in [0.25, 0.3) is 5.91 Å². The standard InChI is InChI=1S/C16H23NO5S/c1-17(16(18)15-8-4-10-22-15)9-5-11-21-13-6-3-7-14(12-13)23(2,19)20/h3,6-7,12,15H,4-5,8-11H2,1-2H3/t15-/m0/s1. The molecule has 23 heavy (non-hydrogen) atoms. The van der Waals surface area contributed by atoms with Gasteiger partial charge in [-0.1, -0.05) is 6.07 Å². The number of sulfone groups is 1. The molecule has 0 saturated carbocycles. The van der Waals surface area contributed by atoms with Crippen LogP contribution in [0.1, 0.15) is 19.3 Å². The Morgan fingerprint density at radius 1 is 1.43 bits per heavy atom.